The Bertz CT molecular complexity index is 852. The molecule has 0 aromatic heterocycles. The fourth-order valence-corrected chi connectivity index (χ4v) is 4.56. The van der Waals surface area contributed by atoms with Gasteiger partial charge in [-0.05, 0) is 24.1 Å². The predicted molar refractivity (Wildman–Crippen MR) is 87.5 cm³/mol. The second-order valence-corrected chi connectivity index (χ2v) is 7.53. The Morgan fingerprint density at radius 2 is 2.08 bits per heavy atom. The highest BCUT2D eigenvalue weighted by atomic mass is 35.5. The number of amides is 3. The van der Waals surface area contributed by atoms with Gasteiger partial charge in [-0.1, -0.05) is 29.3 Å². The van der Waals surface area contributed by atoms with Crippen molar-refractivity contribution in [3.8, 4) is 0 Å². The quantitative estimate of drug-likeness (QED) is 0.667. The van der Waals surface area contributed by atoms with Gasteiger partial charge in [0.25, 0.3) is 5.91 Å². The molecule has 5 atom stereocenters. The molecule has 2 saturated carbocycles. The molecule has 3 amide bonds. The first-order chi connectivity index (χ1) is 12.2. The van der Waals surface area contributed by atoms with E-state index in [9.17, 15) is 23.9 Å². The number of fused-ring (bicyclic) bond motifs is 2. The summed E-state index contributed by atoms with van der Waals surface area (Å²) in [6.07, 6.45) is -0.857. The van der Waals surface area contributed by atoms with Crippen LogP contribution in [0.2, 0.25) is 10.0 Å². The number of carbonyl (C=O) groups excluding carboxylic acids is 2. The summed E-state index contributed by atoms with van der Waals surface area (Å²) in [6.45, 7) is 0.0399. The molecule has 1 aromatic carbocycles. The van der Waals surface area contributed by atoms with Crippen LogP contribution < -0.4 is 10.6 Å². The number of imide groups is 1. The number of benzene rings is 1. The standard InChI is InChI=1S/C16H13Cl2FN2O5/c17-8-2-1-6(3-9(8)18)5-26-10-4-7-11(15(7,19)13(23)24)16(10)12(22)20-14(25)21-16/h1-3,7,10-11H,4-5H2,(H,23,24)(H2,20,21,22,25)/t7-,10-,11?,15-,16+/m1/s1. The summed E-state index contributed by atoms with van der Waals surface area (Å²) in [5, 5.41) is 14.4. The summed E-state index contributed by atoms with van der Waals surface area (Å²) in [7, 11) is 0. The summed E-state index contributed by atoms with van der Waals surface area (Å²) in [4.78, 5) is 35.4. The van der Waals surface area contributed by atoms with Crippen molar-refractivity contribution < 1.29 is 28.6 Å². The van der Waals surface area contributed by atoms with E-state index < -0.39 is 47.1 Å². The number of carboxylic acid groups (broad SMARTS) is 1. The van der Waals surface area contributed by atoms with Gasteiger partial charge in [-0.15, -0.1) is 0 Å². The molecule has 1 unspecified atom stereocenters. The number of nitrogens with one attached hydrogen (secondary N) is 2. The van der Waals surface area contributed by atoms with Crippen molar-refractivity contribution >= 4 is 41.1 Å². The van der Waals surface area contributed by atoms with Gasteiger partial charge >= 0.3 is 12.0 Å². The van der Waals surface area contributed by atoms with E-state index >= 15 is 0 Å². The number of rotatable bonds is 4. The maximum absolute atomic E-state index is 14.7. The molecular weight excluding hydrogens is 390 g/mol. The lowest BCUT2D eigenvalue weighted by atomic mass is 9.87. The first-order valence-electron chi connectivity index (χ1n) is 7.82. The summed E-state index contributed by atoms with van der Waals surface area (Å²) in [5.41, 5.74) is -3.60. The summed E-state index contributed by atoms with van der Waals surface area (Å²) < 4.78 is 20.5. The fourth-order valence-electron chi connectivity index (χ4n) is 4.24. The number of halogens is 3. The third-order valence-corrected chi connectivity index (χ3v) is 6.18. The Labute approximate surface area is 156 Å². The number of hydrogen-bond acceptors (Lipinski definition) is 4. The van der Waals surface area contributed by atoms with Crippen molar-refractivity contribution in [1.29, 1.82) is 0 Å². The van der Waals surface area contributed by atoms with E-state index in [0.29, 0.717) is 15.6 Å². The number of carbonyl (C=O) groups is 3. The zero-order chi connectivity index (χ0) is 18.9. The van der Waals surface area contributed by atoms with Gasteiger partial charge in [0, 0.05) is 11.8 Å². The second kappa shape index (κ2) is 5.55. The molecule has 3 fully saturated rings. The zero-order valence-electron chi connectivity index (χ0n) is 13.1. The molecule has 10 heteroatoms. The average Bonchev–Trinajstić information content (AvgIpc) is 2.87. The molecule has 1 aromatic rings. The molecule has 1 saturated heterocycles. The number of hydrogen-bond donors (Lipinski definition) is 3. The maximum atomic E-state index is 14.7. The van der Waals surface area contributed by atoms with Crippen molar-refractivity contribution in [1.82, 2.24) is 10.6 Å². The number of aliphatic carboxylic acids is 1. The second-order valence-electron chi connectivity index (χ2n) is 6.72. The molecule has 3 aliphatic rings. The van der Waals surface area contributed by atoms with Gasteiger partial charge in [0.2, 0.25) is 5.67 Å². The van der Waals surface area contributed by atoms with Crippen LogP contribution in [0, 0.1) is 11.8 Å². The van der Waals surface area contributed by atoms with Gasteiger partial charge in [0.15, 0.2) is 5.54 Å². The molecular formula is C16H13Cl2FN2O5. The van der Waals surface area contributed by atoms with Crippen molar-refractivity contribution in [2.75, 3.05) is 0 Å². The lowest BCUT2D eigenvalue weighted by molar-refractivity contribution is -0.149. The fraction of sp³-hybridized carbons (Fsp3) is 0.438. The normalized spacial score (nSPS) is 37.4. The first-order valence-corrected chi connectivity index (χ1v) is 8.58. The van der Waals surface area contributed by atoms with Gasteiger partial charge in [-0.25, -0.2) is 14.0 Å². The topological polar surface area (TPSA) is 105 Å². The Balaban J connectivity index is 1.59. The third-order valence-electron chi connectivity index (χ3n) is 5.44. The largest absolute Gasteiger partial charge is 0.479 e. The monoisotopic (exact) mass is 402 g/mol. The Morgan fingerprint density at radius 3 is 2.65 bits per heavy atom. The molecule has 1 spiro atoms. The van der Waals surface area contributed by atoms with Crippen LogP contribution >= 0.6 is 23.2 Å². The van der Waals surface area contributed by atoms with E-state index in [2.05, 4.69) is 10.6 Å². The lowest BCUT2D eigenvalue weighted by Crippen LogP contribution is -2.59. The molecule has 7 nitrogen and oxygen atoms in total. The molecule has 26 heavy (non-hydrogen) atoms. The molecule has 138 valence electrons. The van der Waals surface area contributed by atoms with E-state index in [-0.39, 0.29) is 13.0 Å². The van der Waals surface area contributed by atoms with E-state index in [4.69, 9.17) is 27.9 Å². The average molecular weight is 403 g/mol. The molecule has 4 rings (SSSR count). The SMILES string of the molecule is O=C1NC(=O)[C@@]2(N1)C1[C@@H](C[C@H]2OCc2ccc(Cl)c(Cl)c2)[C@]1(F)C(=O)O. The smallest absolute Gasteiger partial charge is 0.342 e. The van der Waals surface area contributed by atoms with Crippen LogP contribution in [0.3, 0.4) is 0 Å². The number of carboxylic acids is 1. The number of urea groups is 1. The minimum atomic E-state index is -2.54. The Kier molecular flexibility index (Phi) is 3.74. The maximum Gasteiger partial charge on any atom is 0.342 e. The summed E-state index contributed by atoms with van der Waals surface area (Å²) in [5.74, 6) is -4.47. The number of ether oxygens (including phenoxy) is 1. The first kappa shape index (κ1) is 17.5. The molecule has 3 N–H and O–H groups in total. The predicted octanol–water partition coefficient (Wildman–Crippen LogP) is 1.90. The van der Waals surface area contributed by atoms with Crippen LogP contribution in [0.1, 0.15) is 12.0 Å². The number of alkyl halides is 1. The van der Waals surface area contributed by atoms with E-state index in [1.807, 2.05) is 0 Å². The lowest BCUT2D eigenvalue weighted by Gasteiger charge is -2.32. The summed E-state index contributed by atoms with van der Waals surface area (Å²) >= 11 is 11.8. The van der Waals surface area contributed by atoms with Crippen LogP contribution in [0.4, 0.5) is 9.18 Å². The molecule has 1 heterocycles. The van der Waals surface area contributed by atoms with E-state index in [1.165, 1.54) is 0 Å². The molecule has 0 bridgehead atoms. The van der Waals surface area contributed by atoms with E-state index in [1.54, 1.807) is 18.2 Å². The molecule has 1 aliphatic heterocycles. The van der Waals surface area contributed by atoms with E-state index in [0.717, 1.165) is 0 Å². The van der Waals surface area contributed by atoms with Crippen molar-refractivity contribution in [3.05, 3.63) is 33.8 Å². The Morgan fingerprint density at radius 1 is 1.35 bits per heavy atom. The highest BCUT2D eigenvalue weighted by Gasteiger charge is 2.87. The third kappa shape index (κ3) is 2.19. The van der Waals surface area contributed by atoms with Crippen LogP contribution in [0.5, 0.6) is 0 Å². The van der Waals surface area contributed by atoms with Gasteiger partial charge in [0.05, 0.1) is 22.8 Å². The molecule has 0 radical (unpaired) electrons. The van der Waals surface area contributed by atoms with Crippen LogP contribution in [-0.2, 0) is 20.9 Å². The van der Waals surface area contributed by atoms with Crippen LogP contribution in [-0.4, -0.2) is 40.3 Å². The van der Waals surface area contributed by atoms with Crippen LogP contribution in [0.25, 0.3) is 0 Å². The van der Waals surface area contributed by atoms with Gasteiger partial charge < -0.3 is 15.2 Å². The van der Waals surface area contributed by atoms with Crippen molar-refractivity contribution in [2.45, 2.75) is 30.3 Å². The van der Waals surface area contributed by atoms with Crippen LogP contribution in [0.15, 0.2) is 18.2 Å². The van der Waals surface area contributed by atoms with Gasteiger partial charge in [0.1, 0.15) is 0 Å². The Hall–Kier alpha value is -1.90. The van der Waals surface area contributed by atoms with Gasteiger partial charge in [-0.2, -0.15) is 0 Å². The summed E-state index contributed by atoms with van der Waals surface area (Å²) in [6, 6.07) is 4.07. The minimum Gasteiger partial charge on any atom is -0.479 e. The highest BCUT2D eigenvalue weighted by molar-refractivity contribution is 6.42. The van der Waals surface area contributed by atoms with Crippen molar-refractivity contribution in [2.24, 2.45) is 11.8 Å². The van der Waals surface area contributed by atoms with Gasteiger partial charge in [-0.3, -0.25) is 10.1 Å². The zero-order valence-corrected chi connectivity index (χ0v) is 14.6. The van der Waals surface area contributed by atoms with Crippen molar-refractivity contribution in [3.63, 3.8) is 0 Å². The molecule has 2 aliphatic carbocycles. The highest BCUT2D eigenvalue weighted by Crippen LogP contribution is 2.68. The minimum absolute atomic E-state index is 0.00247.